The number of hydrogen-bond acceptors (Lipinski definition) is 5. The van der Waals surface area contributed by atoms with Gasteiger partial charge in [-0.15, -0.1) is 0 Å². The normalized spacial score (nSPS) is 10.9. The van der Waals surface area contributed by atoms with Crippen molar-refractivity contribution in [1.82, 2.24) is 4.98 Å². The third-order valence-electron chi connectivity index (χ3n) is 4.99. The molecule has 4 rings (SSSR count). The van der Waals surface area contributed by atoms with Gasteiger partial charge in [-0.25, -0.2) is 4.79 Å². The number of carboxylic acids is 1. The monoisotopic (exact) mass is 450 g/mol. The van der Waals surface area contributed by atoms with Crippen LogP contribution < -0.4 is 9.64 Å². The van der Waals surface area contributed by atoms with Crippen molar-refractivity contribution in [1.29, 1.82) is 0 Å². The second kappa shape index (κ2) is 10.2. The zero-order valence-electron chi connectivity index (χ0n) is 17.4. The average Bonchev–Trinajstić information content (AvgIpc) is 3.23. The van der Waals surface area contributed by atoms with Crippen LogP contribution in [0.3, 0.4) is 0 Å². The first-order chi connectivity index (χ1) is 15.6. The number of benzene rings is 3. The van der Waals surface area contributed by atoms with Crippen LogP contribution in [0.5, 0.6) is 5.75 Å². The summed E-state index contributed by atoms with van der Waals surface area (Å²) in [5.74, 6) is -0.491. The molecule has 0 amide bonds. The second-order valence-corrected chi connectivity index (χ2v) is 7.88. The van der Waals surface area contributed by atoms with E-state index in [1.54, 1.807) is 6.07 Å². The molecule has 1 N–H and O–H groups in total. The number of carbonyl (C=O) groups is 1. The third kappa shape index (κ3) is 5.80. The van der Waals surface area contributed by atoms with Crippen molar-refractivity contribution >= 4 is 34.7 Å². The quantitative estimate of drug-likeness (QED) is 0.339. The molecule has 6 nitrogen and oxygen atoms in total. The molecule has 7 heteroatoms. The summed E-state index contributed by atoms with van der Waals surface area (Å²) >= 11 is 5.99. The highest BCUT2D eigenvalue weighted by atomic mass is 35.5. The predicted octanol–water partition coefficient (Wildman–Crippen LogP) is 5.58. The lowest BCUT2D eigenvalue weighted by Crippen LogP contribution is -2.24. The van der Waals surface area contributed by atoms with Gasteiger partial charge in [-0.1, -0.05) is 48.0 Å². The molecule has 0 aliphatic heterocycles. The Labute approximate surface area is 191 Å². The summed E-state index contributed by atoms with van der Waals surface area (Å²) in [5, 5.41) is 9.58. The molecule has 0 atom stereocenters. The Morgan fingerprint density at radius 2 is 1.84 bits per heavy atom. The zero-order chi connectivity index (χ0) is 22.3. The molecule has 0 spiro atoms. The van der Waals surface area contributed by atoms with E-state index in [1.165, 1.54) is 5.56 Å². The Hall–Kier alpha value is -3.51. The molecule has 3 aromatic carbocycles. The number of aliphatic carboxylic acids is 1. The van der Waals surface area contributed by atoms with E-state index in [0.29, 0.717) is 18.3 Å². The fourth-order valence-corrected chi connectivity index (χ4v) is 3.59. The van der Waals surface area contributed by atoms with E-state index >= 15 is 0 Å². The van der Waals surface area contributed by atoms with Crippen molar-refractivity contribution in [2.45, 2.75) is 19.4 Å². The van der Waals surface area contributed by atoms with Gasteiger partial charge in [0, 0.05) is 18.1 Å². The number of aromatic nitrogens is 1. The number of hydrogen-bond donors (Lipinski definition) is 1. The lowest BCUT2D eigenvalue weighted by Gasteiger charge is -2.21. The van der Waals surface area contributed by atoms with Gasteiger partial charge >= 0.3 is 5.97 Å². The topological polar surface area (TPSA) is 75.8 Å². The minimum atomic E-state index is -1.01. The van der Waals surface area contributed by atoms with E-state index < -0.39 is 5.97 Å². The van der Waals surface area contributed by atoms with Gasteiger partial charge in [-0.2, -0.15) is 4.98 Å². The lowest BCUT2D eigenvalue weighted by molar-refractivity contribution is -0.139. The molecule has 0 saturated carbocycles. The minimum absolute atomic E-state index is 0.376. The van der Waals surface area contributed by atoms with E-state index in [2.05, 4.69) is 9.88 Å². The predicted molar refractivity (Wildman–Crippen MR) is 124 cm³/mol. The van der Waals surface area contributed by atoms with Gasteiger partial charge in [0.15, 0.2) is 12.2 Å². The molecule has 0 radical (unpaired) electrons. The number of anilines is 1. The minimum Gasteiger partial charge on any atom is -0.482 e. The first-order valence-corrected chi connectivity index (χ1v) is 10.7. The molecule has 32 heavy (non-hydrogen) atoms. The highest BCUT2D eigenvalue weighted by Crippen LogP contribution is 2.25. The number of ether oxygens (including phenoxy) is 1. The molecule has 0 fully saturated rings. The Bertz CT molecular complexity index is 1160. The van der Waals surface area contributed by atoms with Crippen LogP contribution in [-0.4, -0.2) is 29.2 Å². The van der Waals surface area contributed by atoms with E-state index in [1.807, 2.05) is 66.7 Å². The number of halogens is 1. The Kier molecular flexibility index (Phi) is 6.92. The fourth-order valence-electron chi connectivity index (χ4n) is 3.46. The van der Waals surface area contributed by atoms with Crippen LogP contribution in [0.4, 0.5) is 6.01 Å². The maximum absolute atomic E-state index is 10.8. The molecule has 1 heterocycles. The maximum Gasteiger partial charge on any atom is 0.341 e. The highest BCUT2D eigenvalue weighted by Gasteiger charge is 2.15. The summed E-state index contributed by atoms with van der Waals surface area (Å²) in [4.78, 5) is 17.5. The zero-order valence-corrected chi connectivity index (χ0v) is 18.2. The highest BCUT2D eigenvalue weighted by molar-refractivity contribution is 6.30. The molecular weight excluding hydrogens is 428 g/mol. The van der Waals surface area contributed by atoms with Crippen molar-refractivity contribution in [2.24, 2.45) is 0 Å². The van der Waals surface area contributed by atoms with Gasteiger partial charge in [0.25, 0.3) is 6.01 Å². The lowest BCUT2D eigenvalue weighted by atomic mass is 10.1. The summed E-state index contributed by atoms with van der Waals surface area (Å²) < 4.78 is 11.3. The van der Waals surface area contributed by atoms with Crippen LogP contribution in [0, 0.1) is 0 Å². The number of carboxylic acid groups (broad SMARTS) is 1. The van der Waals surface area contributed by atoms with Crippen molar-refractivity contribution < 1.29 is 19.1 Å². The third-order valence-corrected chi connectivity index (χ3v) is 5.25. The molecule has 1 aromatic heterocycles. The Balaban J connectivity index is 1.51. The van der Waals surface area contributed by atoms with Crippen LogP contribution in [-0.2, 0) is 17.8 Å². The molecule has 0 bridgehead atoms. The summed E-state index contributed by atoms with van der Waals surface area (Å²) in [6, 6.07) is 23.5. The largest absolute Gasteiger partial charge is 0.482 e. The van der Waals surface area contributed by atoms with E-state index in [4.69, 9.17) is 25.9 Å². The molecule has 4 aromatic rings. The molecule has 0 saturated heterocycles. The van der Waals surface area contributed by atoms with Crippen LogP contribution >= 0.6 is 11.6 Å². The number of aryl methyl sites for hydroxylation is 1. The van der Waals surface area contributed by atoms with E-state index in [-0.39, 0.29) is 6.61 Å². The van der Waals surface area contributed by atoms with Crippen LogP contribution in [0.2, 0.25) is 5.02 Å². The van der Waals surface area contributed by atoms with E-state index in [0.717, 1.165) is 41.1 Å². The molecule has 0 aliphatic carbocycles. The summed E-state index contributed by atoms with van der Waals surface area (Å²) in [6.45, 7) is 0.909. The number of para-hydroxylation sites is 2. The fraction of sp³-hybridized carbons (Fsp3) is 0.200. The first-order valence-electron chi connectivity index (χ1n) is 10.4. The number of fused-ring (bicyclic) bond motifs is 1. The number of nitrogens with zero attached hydrogens (tertiary/aromatic N) is 2. The maximum atomic E-state index is 10.8. The van der Waals surface area contributed by atoms with Crippen LogP contribution in [0.1, 0.15) is 17.5 Å². The molecular formula is C25H23ClN2O4. The van der Waals surface area contributed by atoms with Crippen molar-refractivity contribution in [3.05, 3.63) is 88.9 Å². The van der Waals surface area contributed by atoms with Gasteiger partial charge in [0.05, 0.1) is 0 Å². The second-order valence-electron chi connectivity index (χ2n) is 7.45. The SMILES string of the molecule is O=C(O)COc1cccc(CN(CCCc2ccc(Cl)cc2)c2nc3ccccc3o2)c1. The van der Waals surface area contributed by atoms with Gasteiger partial charge in [0.1, 0.15) is 11.3 Å². The molecule has 0 unspecified atom stereocenters. The van der Waals surface area contributed by atoms with Crippen LogP contribution in [0.15, 0.2) is 77.2 Å². The van der Waals surface area contributed by atoms with Gasteiger partial charge in [-0.05, 0) is 60.4 Å². The van der Waals surface area contributed by atoms with Gasteiger partial charge < -0.3 is 19.2 Å². The van der Waals surface area contributed by atoms with Crippen LogP contribution in [0.25, 0.3) is 11.1 Å². The summed E-state index contributed by atoms with van der Waals surface area (Å²) in [5.41, 5.74) is 3.74. The van der Waals surface area contributed by atoms with Gasteiger partial charge in [0.2, 0.25) is 0 Å². The number of rotatable bonds is 10. The Morgan fingerprint density at radius 3 is 2.62 bits per heavy atom. The Morgan fingerprint density at radius 1 is 1.03 bits per heavy atom. The van der Waals surface area contributed by atoms with Crippen molar-refractivity contribution in [3.63, 3.8) is 0 Å². The van der Waals surface area contributed by atoms with Crippen molar-refractivity contribution in [3.8, 4) is 5.75 Å². The summed E-state index contributed by atoms with van der Waals surface area (Å²) in [7, 11) is 0. The molecule has 164 valence electrons. The van der Waals surface area contributed by atoms with Gasteiger partial charge in [-0.3, -0.25) is 0 Å². The smallest absolute Gasteiger partial charge is 0.341 e. The van der Waals surface area contributed by atoms with Crippen molar-refractivity contribution in [2.75, 3.05) is 18.1 Å². The average molecular weight is 451 g/mol. The first kappa shape index (κ1) is 21.7. The summed E-state index contributed by atoms with van der Waals surface area (Å²) in [6.07, 6.45) is 1.80. The standard InChI is InChI=1S/C25H23ClN2O4/c26-20-12-10-18(11-13-20)6-4-14-28(25-27-22-8-1-2-9-23(22)32-25)16-19-5-3-7-21(15-19)31-17-24(29)30/h1-3,5,7-13,15H,4,6,14,16-17H2,(H,29,30). The number of oxazole rings is 1. The van der Waals surface area contributed by atoms with E-state index in [9.17, 15) is 4.79 Å². The molecule has 0 aliphatic rings.